The number of aryl methyl sites for hydroxylation is 1. The number of aliphatic imine (C=N–C) groups is 1. The van der Waals surface area contributed by atoms with Gasteiger partial charge in [0.25, 0.3) is 0 Å². The van der Waals surface area contributed by atoms with Gasteiger partial charge in [0.05, 0.1) is 36.6 Å². The first-order valence-corrected chi connectivity index (χ1v) is 8.74. The summed E-state index contributed by atoms with van der Waals surface area (Å²) in [6.45, 7) is 1.89. The molecule has 0 aliphatic heterocycles. The first kappa shape index (κ1) is 18.9. The normalized spacial score (nSPS) is 15.9. The maximum atomic E-state index is 13.0. The van der Waals surface area contributed by atoms with E-state index in [1.54, 1.807) is 30.7 Å². The van der Waals surface area contributed by atoms with Crippen LogP contribution in [0.4, 0.5) is 16.0 Å². The Bertz CT molecular complexity index is 846. The van der Waals surface area contributed by atoms with Crippen LogP contribution in [0.5, 0.6) is 0 Å². The number of halogens is 1. The molecule has 0 atom stereocenters. The number of rotatable bonds is 8. The molecule has 8 heteroatoms. The third-order valence-corrected chi connectivity index (χ3v) is 4.57. The summed E-state index contributed by atoms with van der Waals surface area (Å²) in [4.78, 5) is 17.3. The Balaban J connectivity index is 1.75. The largest absolute Gasteiger partial charge is 0.404 e. The number of allylic oxidation sites excluding steroid dienone is 1. The molecule has 2 aromatic rings. The number of nitrogens with one attached hydrogen (secondary N) is 1. The Morgan fingerprint density at radius 2 is 2.19 bits per heavy atom. The molecule has 2 heterocycles. The maximum Gasteiger partial charge on any atom is 0.227 e. The molecule has 142 valence electrons. The molecule has 4 N–H and O–H groups in total. The highest BCUT2D eigenvalue weighted by molar-refractivity contribution is 6.09. The van der Waals surface area contributed by atoms with E-state index in [2.05, 4.69) is 25.3 Å². The second-order valence-electron chi connectivity index (χ2n) is 6.77. The van der Waals surface area contributed by atoms with Gasteiger partial charge in [0.15, 0.2) is 0 Å². The van der Waals surface area contributed by atoms with Gasteiger partial charge in [-0.15, -0.1) is 0 Å². The number of pyridine rings is 1. The average molecular weight is 370 g/mol. The van der Waals surface area contributed by atoms with Crippen LogP contribution in [-0.4, -0.2) is 39.5 Å². The summed E-state index contributed by atoms with van der Waals surface area (Å²) < 4.78 is 13.0. The summed E-state index contributed by atoms with van der Waals surface area (Å²) in [5.74, 6) is 0.393. The highest BCUT2D eigenvalue weighted by Crippen LogP contribution is 2.46. The van der Waals surface area contributed by atoms with Gasteiger partial charge in [-0.3, -0.25) is 14.4 Å². The van der Waals surface area contributed by atoms with Gasteiger partial charge in [-0.05, 0) is 37.5 Å². The van der Waals surface area contributed by atoms with E-state index in [1.807, 2.05) is 6.92 Å². The molecule has 1 aliphatic rings. The Kier molecular flexibility index (Phi) is 5.75. The molecule has 2 aromatic heterocycles. The van der Waals surface area contributed by atoms with Gasteiger partial charge in [0.2, 0.25) is 5.95 Å². The predicted molar refractivity (Wildman–Crippen MR) is 103 cm³/mol. The second-order valence-corrected chi connectivity index (χ2v) is 6.77. The van der Waals surface area contributed by atoms with E-state index >= 15 is 0 Å². The third-order valence-electron chi connectivity index (χ3n) is 4.57. The van der Waals surface area contributed by atoms with Crippen molar-refractivity contribution in [1.82, 2.24) is 15.0 Å². The molecule has 0 unspecified atom stereocenters. The van der Waals surface area contributed by atoms with Crippen LogP contribution >= 0.6 is 0 Å². The van der Waals surface area contributed by atoms with Crippen molar-refractivity contribution in [2.24, 2.45) is 16.1 Å². The van der Waals surface area contributed by atoms with Gasteiger partial charge in [0, 0.05) is 36.1 Å². The lowest BCUT2D eigenvalue weighted by Crippen LogP contribution is -2.08. The minimum absolute atomic E-state index is 0.112. The zero-order valence-electron chi connectivity index (χ0n) is 15.2. The number of alkyl halides is 1. The van der Waals surface area contributed by atoms with Crippen LogP contribution < -0.4 is 11.1 Å². The van der Waals surface area contributed by atoms with Crippen LogP contribution in [0.25, 0.3) is 5.57 Å². The fraction of sp³-hybridized carbons (Fsp3) is 0.368. The number of anilines is 2. The number of hydrogen-bond acceptors (Lipinski definition) is 7. The summed E-state index contributed by atoms with van der Waals surface area (Å²) in [5.41, 5.74) is 8.94. The molecule has 0 bridgehead atoms. The zero-order valence-corrected chi connectivity index (χ0v) is 15.2. The summed E-state index contributed by atoms with van der Waals surface area (Å²) in [5, 5.41) is 12.1. The first-order valence-electron chi connectivity index (χ1n) is 8.74. The van der Waals surface area contributed by atoms with Crippen LogP contribution in [0.3, 0.4) is 0 Å². The zero-order chi connectivity index (χ0) is 19.3. The Morgan fingerprint density at radius 1 is 1.37 bits per heavy atom. The Labute approximate surface area is 157 Å². The lowest BCUT2D eigenvalue weighted by molar-refractivity contribution is 0.277. The first-order chi connectivity index (χ1) is 13.1. The van der Waals surface area contributed by atoms with Crippen molar-refractivity contribution in [1.29, 1.82) is 0 Å². The predicted octanol–water partition coefficient (Wildman–Crippen LogP) is 2.54. The minimum atomic E-state index is -0.338. The van der Waals surface area contributed by atoms with E-state index in [1.165, 1.54) is 6.20 Å². The van der Waals surface area contributed by atoms with Crippen molar-refractivity contribution in [3.63, 3.8) is 0 Å². The lowest BCUT2D eigenvalue weighted by Gasteiger charge is -2.10. The average Bonchev–Trinajstić information content (AvgIpc) is 3.48. The number of aliphatic hydroxyl groups is 1. The molecule has 1 fully saturated rings. The lowest BCUT2D eigenvalue weighted by atomic mass is 10.1. The van der Waals surface area contributed by atoms with E-state index in [4.69, 9.17) is 10.8 Å². The molecule has 1 saturated carbocycles. The summed E-state index contributed by atoms with van der Waals surface area (Å²) in [6, 6.07) is 3.50. The molecule has 0 amide bonds. The van der Waals surface area contributed by atoms with Gasteiger partial charge >= 0.3 is 0 Å². The van der Waals surface area contributed by atoms with Gasteiger partial charge in [-0.25, -0.2) is 9.97 Å². The molecule has 3 rings (SSSR count). The molecule has 7 nitrogen and oxygen atoms in total. The highest BCUT2D eigenvalue weighted by Gasteiger charge is 2.42. The van der Waals surface area contributed by atoms with E-state index in [-0.39, 0.29) is 18.7 Å². The van der Waals surface area contributed by atoms with Crippen molar-refractivity contribution < 1.29 is 9.50 Å². The number of aliphatic hydroxyl groups excluding tert-OH is 1. The number of aromatic nitrogens is 3. The quantitative estimate of drug-likeness (QED) is 0.616. The molecule has 0 spiro atoms. The van der Waals surface area contributed by atoms with Gasteiger partial charge in [-0.2, -0.15) is 0 Å². The summed E-state index contributed by atoms with van der Waals surface area (Å²) >= 11 is 0. The van der Waals surface area contributed by atoms with E-state index in [9.17, 15) is 4.39 Å². The fourth-order valence-electron chi connectivity index (χ4n) is 2.55. The van der Waals surface area contributed by atoms with Crippen molar-refractivity contribution >= 4 is 23.4 Å². The SMILES string of the molecule is Cc1cnc(Nc2ccc(CO)nc2)nc1/C(C=NCC1(CF)CC1)=C/N. The molecule has 0 aromatic carbocycles. The monoisotopic (exact) mass is 370 g/mol. The van der Waals surface area contributed by atoms with Crippen LogP contribution in [0.1, 0.15) is 29.8 Å². The van der Waals surface area contributed by atoms with E-state index < -0.39 is 0 Å². The molecule has 1 aliphatic carbocycles. The van der Waals surface area contributed by atoms with Crippen molar-refractivity contribution in [3.8, 4) is 0 Å². The molecular formula is C19H23FN6O. The maximum absolute atomic E-state index is 13.0. The smallest absolute Gasteiger partial charge is 0.227 e. The third kappa shape index (κ3) is 4.65. The van der Waals surface area contributed by atoms with Crippen molar-refractivity contribution in [2.45, 2.75) is 26.4 Å². The molecule has 0 radical (unpaired) electrons. The molecule has 27 heavy (non-hydrogen) atoms. The van der Waals surface area contributed by atoms with Crippen molar-refractivity contribution in [3.05, 3.63) is 47.7 Å². The van der Waals surface area contributed by atoms with Gasteiger partial charge < -0.3 is 16.2 Å². The molecular weight excluding hydrogens is 347 g/mol. The number of hydrogen-bond donors (Lipinski definition) is 3. The topological polar surface area (TPSA) is 109 Å². The Morgan fingerprint density at radius 3 is 2.78 bits per heavy atom. The summed E-state index contributed by atoms with van der Waals surface area (Å²) in [7, 11) is 0. The van der Waals surface area contributed by atoms with Gasteiger partial charge in [-0.1, -0.05) is 0 Å². The number of nitrogens with two attached hydrogens (primary N) is 1. The van der Waals surface area contributed by atoms with Crippen LogP contribution in [0.15, 0.2) is 35.7 Å². The Hall–Kier alpha value is -2.87. The molecule has 0 saturated heterocycles. The number of nitrogens with zero attached hydrogens (tertiary/aromatic N) is 4. The van der Waals surface area contributed by atoms with Gasteiger partial charge in [0.1, 0.15) is 0 Å². The van der Waals surface area contributed by atoms with E-state index in [0.717, 1.165) is 18.4 Å². The van der Waals surface area contributed by atoms with E-state index in [0.29, 0.717) is 35.1 Å². The minimum Gasteiger partial charge on any atom is -0.404 e. The highest BCUT2D eigenvalue weighted by atomic mass is 19.1. The van der Waals surface area contributed by atoms with Crippen LogP contribution in [0.2, 0.25) is 0 Å². The standard InChI is InChI=1S/C19H23FN6O/c1-13-7-24-18(25-15-2-3-16(10-27)23-9-15)26-17(13)14(6-21)8-22-12-19(11-20)4-5-19/h2-3,6-9,27H,4-5,10-12,21H2,1H3,(H,24,25,26)/b14-6+,22-8?. The fourth-order valence-corrected chi connectivity index (χ4v) is 2.55. The summed E-state index contributed by atoms with van der Waals surface area (Å²) in [6.07, 6.45) is 8.14. The van der Waals surface area contributed by atoms with Crippen LogP contribution in [0, 0.1) is 12.3 Å². The van der Waals surface area contributed by atoms with Crippen molar-refractivity contribution in [2.75, 3.05) is 18.5 Å². The second kappa shape index (κ2) is 8.22. The van der Waals surface area contributed by atoms with Crippen LogP contribution in [-0.2, 0) is 6.61 Å².